The molecule has 0 amide bonds. The second-order valence-corrected chi connectivity index (χ2v) is 5.90. The van der Waals surface area contributed by atoms with E-state index in [9.17, 15) is 5.11 Å². The summed E-state index contributed by atoms with van der Waals surface area (Å²) in [6.07, 6.45) is 5.92. The number of unbranched alkanes of at least 4 members (excludes halogenated alkanes) is 2. The molecular weight excluding hydrogens is 298 g/mol. The number of phenolic OH excluding ortho intramolecular Hbond substituents is 1. The number of hydrogen-bond acceptors (Lipinski definition) is 3. The molecule has 96 valence electrons. The van der Waals surface area contributed by atoms with Gasteiger partial charge < -0.3 is 10.4 Å². The summed E-state index contributed by atoms with van der Waals surface area (Å²) in [4.78, 5) is 0. The van der Waals surface area contributed by atoms with Crippen LogP contribution < -0.4 is 5.32 Å². The minimum Gasteiger partial charge on any atom is -0.508 e. The molecule has 0 atom stereocenters. The summed E-state index contributed by atoms with van der Waals surface area (Å²) < 4.78 is 1.01. The predicted octanol–water partition coefficient (Wildman–Crippen LogP) is 3.78. The molecule has 17 heavy (non-hydrogen) atoms. The van der Waals surface area contributed by atoms with Crippen molar-refractivity contribution in [1.29, 1.82) is 0 Å². The number of hydrogen-bond donors (Lipinski definition) is 2. The highest BCUT2D eigenvalue weighted by atomic mass is 79.9. The second kappa shape index (κ2) is 8.84. The van der Waals surface area contributed by atoms with Crippen LogP contribution in [0, 0.1) is 0 Å². The highest BCUT2D eigenvalue weighted by Gasteiger charge is 2.00. The van der Waals surface area contributed by atoms with Crippen LogP contribution in [0.25, 0.3) is 0 Å². The number of benzene rings is 1. The van der Waals surface area contributed by atoms with E-state index in [2.05, 4.69) is 27.5 Å². The Morgan fingerprint density at radius 1 is 1.29 bits per heavy atom. The average Bonchev–Trinajstić information content (AvgIpc) is 2.32. The van der Waals surface area contributed by atoms with Crippen LogP contribution >= 0.6 is 27.7 Å². The third kappa shape index (κ3) is 6.34. The van der Waals surface area contributed by atoms with Crippen LogP contribution in [0.2, 0.25) is 0 Å². The Hall–Kier alpha value is -0.190. The van der Waals surface area contributed by atoms with Crippen LogP contribution in [-0.2, 0) is 6.54 Å². The monoisotopic (exact) mass is 317 g/mol. The van der Waals surface area contributed by atoms with E-state index in [4.69, 9.17) is 0 Å². The molecule has 0 radical (unpaired) electrons. The van der Waals surface area contributed by atoms with Crippen LogP contribution in [0.3, 0.4) is 0 Å². The fraction of sp³-hybridized carbons (Fsp3) is 0.538. The summed E-state index contributed by atoms with van der Waals surface area (Å²) in [6.45, 7) is 1.74. The molecule has 0 saturated carbocycles. The van der Waals surface area contributed by atoms with Gasteiger partial charge >= 0.3 is 0 Å². The van der Waals surface area contributed by atoms with Crippen molar-refractivity contribution in [3.8, 4) is 5.75 Å². The van der Waals surface area contributed by atoms with Gasteiger partial charge in [0.25, 0.3) is 0 Å². The summed E-state index contributed by atoms with van der Waals surface area (Å²) in [5.41, 5.74) is 0.948. The first-order valence-electron chi connectivity index (χ1n) is 5.91. The highest BCUT2D eigenvalue weighted by Crippen LogP contribution is 2.21. The minimum atomic E-state index is 0.364. The lowest BCUT2D eigenvalue weighted by Gasteiger charge is -2.07. The summed E-state index contributed by atoms with van der Waals surface area (Å²) in [5.74, 6) is 1.62. The highest BCUT2D eigenvalue weighted by molar-refractivity contribution is 9.10. The smallest absolute Gasteiger partial charge is 0.120 e. The molecule has 0 heterocycles. The largest absolute Gasteiger partial charge is 0.508 e. The third-order valence-electron chi connectivity index (χ3n) is 2.56. The average molecular weight is 318 g/mol. The Morgan fingerprint density at radius 2 is 2.12 bits per heavy atom. The van der Waals surface area contributed by atoms with Crippen molar-refractivity contribution in [3.63, 3.8) is 0 Å². The molecule has 2 nitrogen and oxygen atoms in total. The molecular formula is C13H20BrNOS. The van der Waals surface area contributed by atoms with Crippen LogP contribution in [0.5, 0.6) is 5.75 Å². The van der Waals surface area contributed by atoms with E-state index in [1.165, 1.54) is 25.0 Å². The SMILES string of the molecule is CSCCCCCNCc1cc(Br)ccc1O. The van der Waals surface area contributed by atoms with Gasteiger partial charge in [-0.3, -0.25) is 0 Å². The van der Waals surface area contributed by atoms with Gasteiger partial charge in [0.15, 0.2) is 0 Å². The molecule has 0 saturated heterocycles. The lowest BCUT2D eigenvalue weighted by molar-refractivity contribution is 0.463. The fourth-order valence-electron chi connectivity index (χ4n) is 1.59. The molecule has 0 aliphatic heterocycles. The third-order valence-corrected chi connectivity index (χ3v) is 3.75. The van der Waals surface area contributed by atoms with E-state index >= 15 is 0 Å². The number of halogens is 1. The summed E-state index contributed by atoms with van der Waals surface area (Å²) in [6, 6.07) is 5.52. The first kappa shape index (κ1) is 14.9. The summed E-state index contributed by atoms with van der Waals surface area (Å²) in [7, 11) is 0. The molecule has 4 heteroatoms. The van der Waals surface area contributed by atoms with E-state index in [0.717, 1.165) is 23.1 Å². The normalized spacial score (nSPS) is 10.7. The van der Waals surface area contributed by atoms with Gasteiger partial charge in [-0.1, -0.05) is 22.4 Å². The fourth-order valence-corrected chi connectivity index (χ4v) is 2.49. The number of rotatable bonds is 8. The zero-order chi connectivity index (χ0) is 12.5. The van der Waals surface area contributed by atoms with Gasteiger partial charge in [0.2, 0.25) is 0 Å². The standard InChI is InChI=1S/C13H20BrNOS/c1-17-8-4-2-3-7-15-10-11-9-12(14)5-6-13(11)16/h5-6,9,15-16H,2-4,7-8,10H2,1H3. The molecule has 1 rings (SSSR count). The van der Waals surface area contributed by atoms with Crippen LogP contribution in [0.15, 0.2) is 22.7 Å². The molecule has 0 fully saturated rings. The van der Waals surface area contributed by atoms with Gasteiger partial charge in [-0.15, -0.1) is 0 Å². The van der Waals surface area contributed by atoms with Gasteiger partial charge in [-0.25, -0.2) is 0 Å². The lowest BCUT2D eigenvalue weighted by Crippen LogP contribution is -2.14. The molecule has 0 bridgehead atoms. The van der Waals surface area contributed by atoms with E-state index in [1.54, 1.807) is 6.07 Å². The second-order valence-electron chi connectivity index (χ2n) is 4.00. The number of aromatic hydroxyl groups is 1. The van der Waals surface area contributed by atoms with Crippen molar-refractivity contribution < 1.29 is 5.11 Å². The number of thioether (sulfide) groups is 1. The molecule has 0 aliphatic carbocycles. The maximum Gasteiger partial charge on any atom is 0.120 e. The molecule has 0 spiro atoms. The van der Waals surface area contributed by atoms with Crippen molar-refractivity contribution >= 4 is 27.7 Å². The lowest BCUT2D eigenvalue weighted by atomic mass is 10.2. The molecule has 0 aliphatic rings. The molecule has 1 aromatic rings. The summed E-state index contributed by atoms with van der Waals surface area (Å²) in [5, 5.41) is 13.0. The Morgan fingerprint density at radius 3 is 2.88 bits per heavy atom. The quantitative estimate of drug-likeness (QED) is 0.716. The van der Waals surface area contributed by atoms with Crippen molar-refractivity contribution in [1.82, 2.24) is 5.32 Å². The van der Waals surface area contributed by atoms with Crippen molar-refractivity contribution in [2.45, 2.75) is 25.8 Å². The first-order valence-corrected chi connectivity index (χ1v) is 8.10. The van der Waals surface area contributed by atoms with Gasteiger partial charge in [0.1, 0.15) is 5.75 Å². The Balaban J connectivity index is 2.15. The topological polar surface area (TPSA) is 32.3 Å². The van der Waals surface area contributed by atoms with Crippen LogP contribution in [0.1, 0.15) is 24.8 Å². The maximum absolute atomic E-state index is 9.64. The molecule has 0 aromatic heterocycles. The van der Waals surface area contributed by atoms with Gasteiger partial charge in [0, 0.05) is 16.6 Å². The van der Waals surface area contributed by atoms with E-state index in [-0.39, 0.29) is 0 Å². The van der Waals surface area contributed by atoms with E-state index in [1.807, 2.05) is 23.9 Å². The molecule has 0 unspecified atom stereocenters. The first-order chi connectivity index (χ1) is 8.24. The van der Waals surface area contributed by atoms with Gasteiger partial charge in [0.05, 0.1) is 0 Å². The van der Waals surface area contributed by atoms with Crippen molar-refractivity contribution in [2.24, 2.45) is 0 Å². The van der Waals surface area contributed by atoms with E-state index < -0.39 is 0 Å². The zero-order valence-electron chi connectivity index (χ0n) is 10.2. The predicted molar refractivity (Wildman–Crippen MR) is 79.7 cm³/mol. The Labute approximate surface area is 116 Å². The zero-order valence-corrected chi connectivity index (χ0v) is 12.6. The van der Waals surface area contributed by atoms with E-state index in [0.29, 0.717) is 5.75 Å². The number of phenols is 1. The minimum absolute atomic E-state index is 0.364. The molecule has 1 aromatic carbocycles. The maximum atomic E-state index is 9.64. The van der Waals surface area contributed by atoms with Crippen LogP contribution in [0.4, 0.5) is 0 Å². The Kier molecular flexibility index (Phi) is 7.73. The Bertz CT molecular complexity index is 333. The van der Waals surface area contributed by atoms with Crippen LogP contribution in [-0.4, -0.2) is 23.7 Å². The van der Waals surface area contributed by atoms with Gasteiger partial charge in [-0.2, -0.15) is 11.8 Å². The van der Waals surface area contributed by atoms with Crippen molar-refractivity contribution in [3.05, 3.63) is 28.2 Å². The van der Waals surface area contributed by atoms with Crippen molar-refractivity contribution in [2.75, 3.05) is 18.6 Å². The van der Waals surface area contributed by atoms with Gasteiger partial charge in [-0.05, 0) is 49.6 Å². The number of nitrogens with one attached hydrogen (secondary N) is 1. The summed E-state index contributed by atoms with van der Waals surface area (Å²) >= 11 is 5.31. The molecule has 2 N–H and O–H groups in total.